The number of oxime groups is 1. The van der Waals surface area contributed by atoms with Crippen LogP contribution >= 0.6 is 0 Å². The Morgan fingerprint density at radius 2 is 1.59 bits per heavy atom. The van der Waals surface area contributed by atoms with Gasteiger partial charge in [-0.05, 0) is 18.1 Å². The van der Waals surface area contributed by atoms with Crippen molar-refractivity contribution in [2.45, 2.75) is 19.3 Å². The first-order chi connectivity index (χ1) is 13.1. The van der Waals surface area contributed by atoms with E-state index in [0.29, 0.717) is 11.3 Å². The fourth-order valence-corrected chi connectivity index (χ4v) is 2.97. The Hall–Kier alpha value is -3.15. The number of rotatable bonds is 8. The summed E-state index contributed by atoms with van der Waals surface area (Å²) in [5, 5.41) is 13.0. The number of benzene rings is 2. The van der Waals surface area contributed by atoms with Crippen LogP contribution in [0.2, 0.25) is 0 Å². The Morgan fingerprint density at radius 1 is 1.00 bits per heavy atom. The van der Waals surface area contributed by atoms with Gasteiger partial charge in [0.1, 0.15) is 0 Å². The molecular formula is C21H23NO5. The minimum atomic E-state index is -1.17. The van der Waals surface area contributed by atoms with Gasteiger partial charge in [0, 0.05) is 12.3 Å². The summed E-state index contributed by atoms with van der Waals surface area (Å²) < 4.78 is 9.97. The third kappa shape index (κ3) is 5.17. The minimum absolute atomic E-state index is 0.146. The van der Waals surface area contributed by atoms with Crippen molar-refractivity contribution >= 4 is 17.7 Å². The molecule has 0 bridgehead atoms. The van der Waals surface area contributed by atoms with Crippen LogP contribution in [0.25, 0.3) is 0 Å². The van der Waals surface area contributed by atoms with E-state index in [9.17, 15) is 14.8 Å². The van der Waals surface area contributed by atoms with Crippen LogP contribution in [0.15, 0.2) is 65.8 Å². The van der Waals surface area contributed by atoms with Crippen LogP contribution in [0.3, 0.4) is 0 Å². The summed E-state index contributed by atoms with van der Waals surface area (Å²) in [7, 11) is 1.23. The summed E-state index contributed by atoms with van der Waals surface area (Å²) in [6.07, 6.45) is 0.156. The highest BCUT2D eigenvalue weighted by atomic mass is 16.5. The number of hydrogen-bond donors (Lipinski definition) is 1. The Morgan fingerprint density at radius 3 is 2.11 bits per heavy atom. The molecule has 2 unspecified atom stereocenters. The molecule has 0 aliphatic heterocycles. The van der Waals surface area contributed by atoms with Gasteiger partial charge in [-0.3, -0.25) is 9.59 Å². The molecule has 2 aromatic carbocycles. The van der Waals surface area contributed by atoms with Gasteiger partial charge in [-0.25, -0.2) is 0 Å². The molecular weight excluding hydrogens is 346 g/mol. The van der Waals surface area contributed by atoms with Gasteiger partial charge in [-0.1, -0.05) is 65.8 Å². The lowest BCUT2D eigenvalue weighted by Crippen LogP contribution is -2.34. The second-order valence-corrected chi connectivity index (χ2v) is 5.89. The molecule has 142 valence electrons. The standard InChI is InChI=1S/C21H23NO5/c1-3-27-21(24)19(20(23)26-2)17(15-10-6-4-7-11-15)14-18(22-25)16-12-8-5-9-13-16/h4-13,17,19,25H,3,14H2,1-2H3/b22-18-. The van der Waals surface area contributed by atoms with E-state index in [1.54, 1.807) is 19.1 Å². The van der Waals surface area contributed by atoms with Crippen molar-refractivity contribution in [3.63, 3.8) is 0 Å². The summed E-state index contributed by atoms with van der Waals surface area (Å²) in [6, 6.07) is 18.2. The topological polar surface area (TPSA) is 85.2 Å². The van der Waals surface area contributed by atoms with Gasteiger partial charge >= 0.3 is 11.9 Å². The van der Waals surface area contributed by atoms with Crippen LogP contribution in [0.1, 0.15) is 30.4 Å². The van der Waals surface area contributed by atoms with Crippen molar-refractivity contribution in [1.82, 2.24) is 0 Å². The van der Waals surface area contributed by atoms with Crippen LogP contribution in [0.5, 0.6) is 0 Å². The highest BCUT2D eigenvalue weighted by molar-refractivity contribution is 6.02. The monoisotopic (exact) mass is 369 g/mol. The Kier molecular flexibility index (Phi) is 7.55. The Labute approximate surface area is 158 Å². The van der Waals surface area contributed by atoms with Crippen molar-refractivity contribution in [3.8, 4) is 0 Å². The largest absolute Gasteiger partial charge is 0.468 e. The molecule has 2 rings (SSSR count). The Balaban J connectivity index is 2.46. The number of ether oxygens (including phenoxy) is 2. The molecule has 0 heterocycles. The van der Waals surface area contributed by atoms with Crippen molar-refractivity contribution in [1.29, 1.82) is 0 Å². The first-order valence-corrected chi connectivity index (χ1v) is 8.68. The predicted molar refractivity (Wildman–Crippen MR) is 101 cm³/mol. The van der Waals surface area contributed by atoms with Gasteiger partial charge in [0.15, 0.2) is 5.92 Å². The van der Waals surface area contributed by atoms with Crippen LogP contribution in [0, 0.1) is 5.92 Å². The minimum Gasteiger partial charge on any atom is -0.468 e. The molecule has 27 heavy (non-hydrogen) atoms. The highest BCUT2D eigenvalue weighted by Crippen LogP contribution is 2.32. The van der Waals surface area contributed by atoms with Crippen molar-refractivity contribution in [2.24, 2.45) is 11.1 Å². The number of nitrogens with zero attached hydrogens (tertiary/aromatic N) is 1. The molecule has 6 heteroatoms. The molecule has 0 aromatic heterocycles. The van der Waals surface area contributed by atoms with E-state index < -0.39 is 23.8 Å². The number of methoxy groups -OCH3 is 1. The van der Waals surface area contributed by atoms with E-state index >= 15 is 0 Å². The van der Waals surface area contributed by atoms with Crippen molar-refractivity contribution < 1.29 is 24.3 Å². The molecule has 2 aromatic rings. The zero-order valence-corrected chi connectivity index (χ0v) is 15.4. The lowest BCUT2D eigenvalue weighted by molar-refractivity contribution is -0.161. The summed E-state index contributed by atoms with van der Waals surface area (Å²) >= 11 is 0. The summed E-state index contributed by atoms with van der Waals surface area (Å²) in [5.41, 5.74) is 1.81. The van der Waals surface area contributed by atoms with E-state index in [1.807, 2.05) is 48.5 Å². The first-order valence-electron chi connectivity index (χ1n) is 8.68. The van der Waals surface area contributed by atoms with E-state index in [2.05, 4.69) is 5.16 Å². The second kappa shape index (κ2) is 10.1. The maximum absolute atomic E-state index is 12.5. The maximum atomic E-state index is 12.5. The van der Waals surface area contributed by atoms with Crippen LogP contribution < -0.4 is 0 Å². The van der Waals surface area contributed by atoms with Crippen molar-refractivity contribution in [3.05, 3.63) is 71.8 Å². The highest BCUT2D eigenvalue weighted by Gasteiger charge is 2.39. The normalized spacial score (nSPS) is 13.5. The van der Waals surface area contributed by atoms with Crippen molar-refractivity contribution in [2.75, 3.05) is 13.7 Å². The molecule has 0 fully saturated rings. The number of carbonyl (C=O) groups excluding carboxylic acids is 2. The molecule has 0 spiro atoms. The molecule has 0 aliphatic rings. The molecule has 0 aliphatic carbocycles. The van der Waals surface area contributed by atoms with Crippen LogP contribution in [0.4, 0.5) is 0 Å². The summed E-state index contributed by atoms with van der Waals surface area (Å²) in [6.45, 7) is 1.82. The van der Waals surface area contributed by atoms with Gasteiger partial charge in [0.05, 0.1) is 19.4 Å². The fourth-order valence-electron chi connectivity index (χ4n) is 2.97. The third-order valence-electron chi connectivity index (χ3n) is 4.27. The molecule has 0 amide bonds. The van der Waals surface area contributed by atoms with Crippen LogP contribution in [-0.2, 0) is 19.1 Å². The lowest BCUT2D eigenvalue weighted by Gasteiger charge is -2.24. The smallest absolute Gasteiger partial charge is 0.320 e. The molecule has 0 saturated carbocycles. The van der Waals surface area contributed by atoms with E-state index in [-0.39, 0.29) is 13.0 Å². The molecule has 0 radical (unpaired) electrons. The van der Waals surface area contributed by atoms with E-state index in [1.165, 1.54) is 7.11 Å². The number of carbonyl (C=O) groups is 2. The average Bonchev–Trinajstić information content (AvgIpc) is 2.72. The first kappa shape index (κ1) is 20.2. The van der Waals surface area contributed by atoms with Gasteiger partial charge in [-0.2, -0.15) is 0 Å². The van der Waals surface area contributed by atoms with Gasteiger partial charge in [0.25, 0.3) is 0 Å². The maximum Gasteiger partial charge on any atom is 0.320 e. The third-order valence-corrected chi connectivity index (χ3v) is 4.27. The van der Waals surface area contributed by atoms with Gasteiger partial charge < -0.3 is 14.7 Å². The number of esters is 2. The Bertz CT molecular complexity index is 774. The molecule has 6 nitrogen and oxygen atoms in total. The fraction of sp³-hybridized carbons (Fsp3) is 0.286. The van der Waals surface area contributed by atoms with Crippen LogP contribution in [-0.4, -0.2) is 36.6 Å². The number of hydrogen-bond acceptors (Lipinski definition) is 6. The second-order valence-electron chi connectivity index (χ2n) is 5.89. The summed E-state index contributed by atoms with van der Waals surface area (Å²) in [4.78, 5) is 25.0. The average molecular weight is 369 g/mol. The van der Waals surface area contributed by atoms with Gasteiger partial charge in [0.2, 0.25) is 0 Å². The molecule has 2 atom stereocenters. The molecule has 0 saturated heterocycles. The lowest BCUT2D eigenvalue weighted by atomic mass is 9.81. The quantitative estimate of drug-likeness (QED) is 0.253. The zero-order valence-electron chi connectivity index (χ0n) is 15.4. The van der Waals surface area contributed by atoms with E-state index in [4.69, 9.17) is 9.47 Å². The summed E-state index contributed by atoms with van der Waals surface area (Å²) in [5.74, 6) is -3.13. The molecule has 1 N–H and O–H groups in total. The predicted octanol–water partition coefficient (Wildman–Crippen LogP) is 3.39. The zero-order chi connectivity index (χ0) is 19.6. The van der Waals surface area contributed by atoms with E-state index in [0.717, 1.165) is 5.56 Å². The SMILES string of the molecule is CCOC(=O)C(C(=O)OC)C(C/C(=N/O)c1ccccc1)c1ccccc1. The van der Waals surface area contributed by atoms with Gasteiger partial charge in [-0.15, -0.1) is 0 Å².